The summed E-state index contributed by atoms with van der Waals surface area (Å²) >= 11 is 0. The third-order valence-electron chi connectivity index (χ3n) is 4.96. The Kier molecular flexibility index (Phi) is 7.34. The summed E-state index contributed by atoms with van der Waals surface area (Å²) in [5, 5.41) is 7.01. The molecule has 0 aromatic heterocycles. The molecule has 2 aliphatic rings. The fourth-order valence-corrected chi connectivity index (χ4v) is 3.61. The van der Waals surface area contributed by atoms with Crippen LogP contribution in [0, 0.1) is 0 Å². The van der Waals surface area contributed by atoms with Gasteiger partial charge < -0.3 is 15.5 Å². The Balaban J connectivity index is 1.73. The van der Waals surface area contributed by atoms with Crippen molar-refractivity contribution in [2.75, 3.05) is 26.7 Å². The number of hydrogen-bond donors (Lipinski definition) is 2. The van der Waals surface area contributed by atoms with E-state index in [0.717, 1.165) is 31.6 Å². The molecular formula is C17H34N4. The van der Waals surface area contributed by atoms with Crippen molar-refractivity contribution < 1.29 is 0 Å². The van der Waals surface area contributed by atoms with E-state index >= 15 is 0 Å². The van der Waals surface area contributed by atoms with E-state index in [1.807, 2.05) is 0 Å². The lowest BCUT2D eigenvalue weighted by atomic mass is 9.96. The summed E-state index contributed by atoms with van der Waals surface area (Å²) in [4.78, 5) is 7.27. The summed E-state index contributed by atoms with van der Waals surface area (Å²) < 4.78 is 0. The Morgan fingerprint density at radius 3 is 2.38 bits per heavy atom. The van der Waals surface area contributed by atoms with Crippen LogP contribution < -0.4 is 10.6 Å². The fraction of sp³-hybridized carbons (Fsp3) is 0.941. The lowest BCUT2D eigenvalue weighted by molar-refractivity contribution is 0.252. The van der Waals surface area contributed by atoms with Crippen LogP contribution in [0.25, 0.3) is 0 Å². The zero-order valence-corrected chi connectivity index (χ0v) is 14.0. The van der Waals surface area contributed by atoms with Crippen molar-refractivity contribution in [1.29, 1.82) is 0 Å². The smallest absolute Gasteiger partial charge is 0.191 e. The number of nitrogens with one attached hydrogen (secondary N) is 2. The van der Waals surface area contributed by atoms with Crippen LogP contribution >= 0.6 is 0 Å². The second kappa shape index (κ2) is 9.29. The highest BCUT2D eigenvalue weighted by atomic mass is 15.2. The van der Waals surface area contributed by atoms with Gasteiger partial charge in [0, 0.05) is 25.2 Å². The molecule has 0 spiro atoms. The van der Waals surface area contributed by atoms with Crippen molar-refractivity contribution in [3.8, 4) is 0 Å². The van der Waals surface area contributed by atoms with Gasteiger partial charge in [-0.15, -0.1) is 0 Å². The molecular weight excluding hydrogens is 260 g/mol. The van der Waals surface area contributed by atoms with E-state index in [0.29, 0.717) is 6.04 Å². The Morgan fingerprint density at radius 2 is 1.71 bits per heavy atom. The van der Waals surface area contributed by atoms with Crippen molar-refractivity contribution in [2.45, 2.75) is 76.8 Å². The van der Waals surface area contributed by atoms with E-state index < -0.39 is 0 Å². The third-order valence-corrected chi connectivity index (χ3v) is 4.96. The van der Waals surface area contributed by atoms with Crippen molar-refractivity contribution >= 4 is 5.96 Å². The molecule has 0 aromatic carbocycles. The van der Waals surface area contributed by atoms with Crippen LogP contribution in [0.1, 0.15) is 64.7 Å². The minimum atomic E-state index is 0.629. The number of nitrogens with zero attached hydrogens (tertiary/aromatic N) is 2. The summed E-state index contributed by atoms with van der Waals surface area (Å²) in [5.41, 5.74) is 0. The van der Waals surface area contributed by atoms with E-state index in [1.54, 1.807) is 0 Å². The van der Waals surface area contributed by atoms with Gasteiger partial charge >= 0.3 is 0 Å². The number of guanidine groups is 1. The molecule has 2 saturated carbocycles. The molecule has 0 aliphatic heterocycles. The standard InChI is InChI=1S/C17H34N4/c1-3-18-17(20-15-9-5-4-6-10-15)19-13-14-21(2)16-11-7-8-12-16/h15-16H,3-14H2,1-2H3,(H2,18,19,20). The van der Waals surface area contributed by atoms with Gasteiger partial charge in [0.2, 0.25) is 0 Å². The second-order valence-corrected chi connectivity index (χ2v) is 6.66. The van der Waals surface area contributed by atoms with Gasteiger partial charge in [0.15, 0.2) is 5.96 Å². The maximum Gasteiger partial charge on any atom is 0.191 e. The first-order valence-electron chi connectivity index (χ1n) is 9.04. The second-order valence-electron chi connectivity index (χ2n) is 6.66. The number of hydrogen-bond acceptors (Lipinski definition) is 2. The molecule has 2 fully saturated rings. The van der Waals surface area contributed by atoms with Crippen LogP contribution in [0.5, 0.6) is 0 Å². The average Bonchev–Trinajstić information content (AvgIpc) is 3.03. The lowest BCUT2D eigenvalue weighted by Crippen LogP contribution is -2.44. The van der Waals surface area contributed by atoms with Gasteiger partial charge in [-0.3, -0.25) is 4.99 Å². The van der Waals surface area contributed by atoms with Gasteiger partial charge in [-0.2, -0.15) is 0 Å². The number of aliphatic imine (C=N–C) groups is 1. The highest BCUT2D eigenvalue weighted by Crippen LogP contribution is 2.22. The van der Waals surface area contributed by atoms with Crippen molar-refractivity contribution in [3.63, 3.8) is 0 Å². The summed E-state index contributed by atoms with van der Waals surface area (Å²) in [5.74, 6) is 1.02. The first-order chi connectivity index (χ1) is 10.3. The molecule has 0 heterocycles. The van der Waals surface area contributed by atoms with Crippen LogP contribution in [0.2, 0.25) is 0 Å². The van der Waals surface area contributed by atoms with Crippen LogP contribution in [0.4, 0.5) is 0 Å². The van der Waals surface area contributed by atoms with Gasteiger partial charge in [0.05, 0.1) is 6.54 Å². The van der Waals surface area contributed by atoms with Crippen LogP contribution in [0.3, 0.4) is 0 Å². The Morgan fingerprint density at radius 1 is 1.05 bits per heavy atom. The van der Waals surface area contributed by atoms with E-state index in [2.05, 4.69) is 29.5 Å². The molecule has 2 rings (SSSR count). The molecule has 0 aromatic rings. The molecule has 2 aliphatic carbocycles. The fourth-order valence-electron chi connectivity index (χ4n) is 3.61. The van der Waals surface area contributed by atoms with E-state index in [1.165, 1.54) is 57.8 Å². The minimum Gasteiger partial charge on any atom is -0.357 e. The molecule has 0 saturated heterocycles. The monoisotopic (exact) mass is 294 g/mol. The molecule has 21 heavy (non-hydrogen) atoms. The van der Waals surface area contributed by atoms with E-state index in [4.69, 9.17) is 4.99 Å². The lowest BCUT2D eigenvalue weighted by Gasteiger charge is -2.26. The molecule has 0 bridgehead atoms. The van der Waals surface area contributed by atoms with Gasteiger partial charge in [-0.1, -0.05) is 32.1 Å². The maximum absolute atomic E-state index is 4.77. The molecule has 0 amide bonds. The molecule has 4 heteroatoms. The van der Waals surface area contributed by atoms with Crippen molar-refractivity contribution in [3.05, 3.63) is 0 Å². The average molecular weight is 294 g/mol. The Hall–Kier alpha value is -0.770. The van der Waals surface area contributed by atoms with Gasteiger partial charge in [0.25, 0.3) is 0 Å². The number of rotatable bonds is 6. The molecule has 0 radical (unpaired) electrons. The minimum absolute atomic E-state index is 0.629. The maximum atomic E-state index is 4.77. The number of likely N-dealkylation sites (N-methyl/N-ethyl adjacent to an activating group) is 1. The molecule has 2 N–H and O–H groups in total. The summed E-state index contributed by atoms with van der Waals surface area (Å²) in [6, 6.07) is 1.43. The van der Waals surface area contributed by atoms with Gasteiger partial charge in [0.1, 0.15) is 0 Å². The largest absolute Gasteiger partial charge is 0.357 e. The van der Waals surface area contributed by atoms with E-state index in [9.17, 15) is 0 Å². The summed E-state index contributed by atoms with van der Waals surface area (Å²) in [6.45, 7) is 5.06. The van der Waals surface area contributed by atoms with Gasteiger partial charge in [-0.25, -0.2) is 0 Å². The molecule has 122 valence electrons. The predicted molar refractivity (Wildman–Crippen MR) is 90.9 cm³/mol. The first-order valence-corrected chi connectivity index (χ1v) is 9.04. The zero-order chi connectivity index (χ0) is 14.9. The van der Waals surface area contributed by atoms with Crippen LogP contribution in [-0.4, -0.2) is 49.6 Å². The van der Waals surface area contributed by atoms with Crippen molar-refractivity contribution in [1.82, 2.24) is 15.5 Å². The quantitative estimate of drug-likeness (QED) is 0.584. The normalized spacial score (nSPS) is 22.0. The Labute approximate surface area is 130 Å². The molecule has 0 atom stereocenters. The topological polar surface area (TPSA) is 39.7 Å². The third kappa shape index (κ3) is 5.85. The van der Waals surface area contributed by atoms with E-state index in [-0.39, 0.29) is 0 Å². The van der Waals surface area contributed by atoms with Crippen LogP contribution in [-0.2, 0) is 0 Å². The molecule has 0 unspecified atom stereocenters. The Bertz CT molecular complexity index is 304. The predicted octanol–water partition coefficient (Wildman–Crippen LogP) is 2.75. The highest BCUT2D eigenvalue weighted by molar-refractivity contribution is 5.80. The summed E-state index contributed by atoms with van der Waals surface area (Å²) in [6.07, 6.45) is 12.3. The first kappa shape index (κ1) is 16.6. The van der Waals surface area contributed by atoms with Gasteiger partial charge in [-0.05, 0) is 39.7 Å². The molecule has 4 nitrogen and oxygen atoms in total. The SMILES string of the molecule is CCNC(=NCCN(C)C1CCCC1)NC1CCCCC1. The zero-order valence-electron chi connectivity index (χ0n) is 14.0. The highest BCUT2D eigenvalue weighted by Gasteiger charge is 2.19. The van der Waals surface area contributed by atoms with Crippen LogP contribution in [0.15, 0.2) is 4.99 Å². The summed E-state index contributed by atoms with van der Waals surface area (Å²) in [7, 11) is 2.26. The van der Waals surface area contributed by atoms with Crippen molar-refractivity contribution in [2.24, 2.45) is 4.99 Å².